The highest BCUT2D eigenvalue weighted by Gasteiger charge is 2.19. The highest BCUT2D eigenvalue weighted by molar-refractivity contribution is 7.89. The predicted octanol–water partition coefficient (Wildman–Crippen LogP) is 4.86. The molecule has 152 valence electrons. The Hall–Kier alpha value is -3.22. The van der Waals surface area contributed by atoms with Gasteiger partial charge in [0.2, 0.25) is 15.9 Å². The Morgan fingerprint density at radius 2 is 1.63 bits per heavy atom. The van der Waals surface area contributed by atoms with E-state index in [1.165, 1.54) is 17.7 Å². The molecule has 4 rings (SSSR count). The van der Waals surface area contributed by atoms with Gasteiger partial charge in [0.1, 0.15) is 0 Å². The third-order valence-corrected chi connectivity index (χ3v) is 5.90. The minimum Gasteiger partial charge on any atom is -0.436 e. The van der Waals surface area contributed by atoms with Gasteiger partial charge in [-0.3, -0.25) is 0 Å². The van der Waals surface area contributed by atoms with E-state index < -0.39 is 10.0 Å². The number of rotatable bonds is 5. The summed E-state index contributed by atoms with van der Waals surface area (Å²) in [5, 5.41) is 5.22. The van der Waals surface area contributed by atoms with Gasteiger partial charge in [0.25, 0.3) is 0 Å². The SMILES string of the molecule is Cc1ccc(-c2nc(Cc3ccccc3)c(-c3ccc(S(N)(=O)=O)cc3)o2)c(C)c1. The van der Waals surface area contributed by atoms with Gasteiger partial charge in [0.05, 0.1) is 10.6 Å². The summed E-state index contributed by atoms with van der Waals surface area (Å²) < 4.78 is 29.4. The van der Waals surface area contributed by atoms with Gasteiger partial charge in [-0.25, -0.2) is 18.5 Å². The monoisotopic (exact) mass is 418 g/mol. The van der Waals surface area contributed by atoms with E-state index in [2.05, 4.69) is 6.07 Å². The van der Waals surface area contributed by atoms with Gasteiger partial charge < -0.3 is 4.42 Å². The first-order chi connectivity index (χ1) is 14.3. The molecule has 0 fully saturated rings. The molecule has 0 bridgehead atoms. The number of aromatic nitrogens is 1. The van der Waals surface area contributed by atoms with Gasteiger partial charge in [0, 0.05) is 17.5 Å². The van der Waals surface area contributed by atoms with E-state index in [0.717, 1.165) is 27.9 Å². The molecule has 30 heavy (non-hydrogen) atoms. The fraction of sp³-hybridized carbons (Fsp3) is 0.125. The van der Waals surface area contributed by atoms with E-state index in [9.17, 15) is 8.42 Å². The molecule has 6 heteroatoms. The third kappa shape index (κ3) is 4.20. The number of oxazole rings is 1. The normalized spacial score (nSPS) is 11.6. The lowest BCUT2D eigenvalue weighted by Crippen LogP contribution is -2.11. The fourth-order valence-corrected chi connectivity index (χ4v) is 3.97. The minimum atomic E-state index is -3.75. The molecule has 0 atom stereocenters. The molecule has 2 N–H and O–H groups in total. The van der Waals surface area contributed by atoms with Gasteiger partial charge in [-0.05, 0) is 55.3 Å². The van der Waals surface area contributed by atoms with Crippen LogP contribution in [0.15, 0.2) is 82.1 Å². The predicted molar refractivity (Wildman–Crippen MR) is 117 cm³/mol. The Morgan fingerprint density at radius 3 is 2.27 bits per heavy atom. The quantitative estimate of drug-likeness (QED) is 0.501. The molecular formula is C24H22N2O3S. The van der Waals surface area contributed by atoms with Crippen molar-refractivity contribution >= 4 is 10.0 Å². The third-order valence-electron chi connectivity index (χ3n) is 4.97. The second-order valence-electron chi connectivity index (χ2n) is 7.34. The van der Waals surface area contributed by atoms with Crippen LogP contribution in [0.1, 0.15) is 22.4 Å². The first-order valence-electron chi connectivity index (χ1n) is 9.56. The van der Waals surface area contributed by atoms with E-state index in [1.54, 1.807) is 12.1 Å². The molecule has 0 saturated heterocycles. The van der Waals surface area contributed by atoms with Crippen LogP contribution in [0.5, 0.6) is 0 Å². The van der Waals surface area contributed by atoms with Crippen LogP contribution in [0, 0.1) is 13.8 Å². The molecule has 3 aromatic carbocycles. The van der Waals surface area contributed by atoms with Crippen molar-refractivity contribution in [3.63, 3.8) is 0 Å². The van der Waals surface area contributed by atoms with Crippen molar-refractivity contribution in [1.29, 1.82) is 0 Å². The Kier molecular flexibility index (Phi) is 5.28. The lowest BCUT2D eigenvalue weighted by atomic mass is 10.1. The average molecular weight is 419 g/mol. The average Bonchev–Trinajstić information content (AvgIpc) is 3.11. The van der Waals surface area contributed by atoms with E-state index >= 15 is 0 Å². The van der Waals surface area contributed by atoms with Gasteiger partial charge in [-0.1, -0.05) is 48.0 Å². The Labute approximate surface area is 176 Å². The van der Waals surface area contributed by atoms with Crippen molar-refractivity contribution in [2.75, 3.05) is 0 Å². The van der Waals surface area contributed by atoms with Crippen molar-refractivity contribution in [3.05, 3.63) is 95.2 Å². The molecule has 4 aromatic rings. The van der Waals surface area contributed by atoms with Gasteiger partial charge in [-0.15, -0.1) is 0 Å². The van der Waals surface area contributed by atoms with Crippen molar-refractivity contribution < 1.29 is 12.8 Å². The topological polar surface area (TPSA) is 86.2 Å². The summed E-state index contributed by atoms with van der Waals surface area (Å²) in [5.74, 6) is 1.17. The van der Waals surface area contributed by atoms with E-state index in [4.69, 9.17) is 14.5 Å². The van der Waals surface area contributed by atoms with Crippen LogP contribution in [0.3, 0.4) is 0 Å². The van der Waals surface area contributed by atoms with Crippen molar-refractivity contribution in [2.45, 2.75) is 25.2 Å². The Morgan fingerprint density at radius 1 is 0.933 bits per heavy atom. The maximum Gasteiger partial charge on any atom is 0.238 e. The summed E-state index contributed by atoms with van der Waals surface area (Å²) in [7, 11) is -3.75. The van der Waals surface area contributed by atoms with Crippen LogP contribution >= 0.6 is 0 Å². The van der Waals surface area contributed by atoms with Crippen LogP contribution < -0.4 is 5.14 Å². The molecule has 1 aromatic heterocycles. The summed E-state index contributed by atoms with van der Waals surface area (Å²) in [4.78, 5) is 4.86. The summed E-state index contributed by atoms with van der Waals surface area (Å²) in [6, 6.07) is 22.5. The second kappa shape index (κ2) is 7.89. The highest BCUT2D eigenvalue weighted by atomic mass is 32.2. The smallest absolute Gasteiger partial charge is 0.238 e. The first kappa shape index (κ1) is 20.1. The van der Waals surface area contributed by atoms with Gasteiger partial charge in [0.15, 0.2) is 5.76 Å². The van der Waals surface area contributed by atoms with E-state index in [-0.39, 0.29) is 4.90 Å². The molecule has 0 radical (unpaired) electrons. The summed E-state index contributed by atoms with van der Waals surface area (Å²) >= 11 is 0. The number of hydrogen-bond acceptors (Lipinski definition) is 4. The van der Waals surface area contributed by atoms with Crippen molar-refractivity contribution in [1.82, 2.24) is 4.98 Å². The lowest BCUT2D eigenvalue weighted by molar-refractivity contribution is 0.586. The van der Waals surface area contributed by atoms with Crippen molar-refractivity contribution in [2.24, 2.45) is 5.14 Å². The number of benzene rings is 3. The molecular weight excluding hydrogens is 396 g/mol. The van der Waals surface area contributed by atoms with Gasteiger partial charge >= 0.3 is 0 Å². The zero-order valence-electron chi connectivity index (χ0n) is 16.8. The number of aryl methyl sites for hydroxylation is 2. The van der Waals surface area contributed by atoms with Gasteiger partial charge in [-0.2, -0.15) is 0 Å². The number of hydrogen-bond donors (Lipinski definition) is 1. The molecule has 0 amide bonds. The molecule has 0 saturated carbocycles. The van der Waals surface area contributed by atoms with Crippen LogP contribution in [-0.4, -0.2) is 13.4 Å². The van der Waals surface area contributed by atoms with Crippen molar-refractivity contribution in [3.8, 4) is 22.8 Å². The molecule has 1 heterocycles. The zero-order valence-corrected chi connectivity index (χ0v) is 17.6. The van der Waals surface area contributed by atoms with Crippen LogP contribution in [0.2, 0.25) is 0 Å². The Balaban J connectivity index is 1.82. The van der Waals surface area contributed by atoms with Crippen LogP contribution in [0.25, 0.3) is 22.8 Å². The molecule has 0 spiro atoms. The number of sulfonamides is 1. The molecule has 5 nitrogen and oxygen atoms in total. The molecule has 0 aliphatic rings. The minimum absolute atomic E-state index is 0.0602. The standard InChI is InChI=1S/C24H22N2O3S/c1-16-8-13-21(17(2)14-16)24-26-22(15-18-6-4-3-5-7-18)23(29-24)19-9-11-20(12-10-19)30(25,27)28/h3-14H,15H2,1-2H3,(H2,25,27,28). The molecule has 0 aliphatic heterocycles. The summed E-state index contributed by atoms with van der Waals surface area (Å²) in [5.41, 5.74) is 5.84. The lowest BCUT2D eigenvalue weighted by Gasteiger charge is -2.04. The number of nitrogens with zero attached hydrogens (tertiary/aromatic N) is 1. The maximum atomic E-state index is 11.6. The maximum absolute atomic E-state index is 11.6. The number of primary sulfonamides is 1. The summed E-state index contributed by atoms with van der Waals surface area (Å²) in [6.07, 6.45) is 0.599. The zero-order chi connectivity index (χ0) is 21.3. The second-order valence-corrected chi connectivity index (χ2v) is 8.91. The number of nitrogens with two attached hydrogens (primary N) is 1. The fourth-order valence-electron chi connectivity index (χ4n) is 3.45. The van der Waals surface area contributed by atoms with Crippen LogP contribution in [-0.2, 0) is 16.4 Å². The molecule has 0 aliphatic carbocycles. The molecule has 0 unspecified atom stereocenters. The Bertz CT molecular complexity index is 1290. The van der Waals surface area contributed by atoms with Crippen LogP contribution in [0.4, 0.5) is 0 Å². The highest BCUT2D eigenvalue weighted by Crippen LogP contribution is 2.33. The van der Waals surface area contributed by atoms with E-state index in [1.807, 2.05) is 56.3 Å². The van der Waals surface area contributed by atoms with E-state index in [0.29, 0.717) is 18.1 Å². The largest absolute Gasteiger partial charge is 0.436 e. The summed E-state index contributed by atoms with van der Waals surface area (Å²) in [6.45, 7) is 4.08. The first-order valence-corrected chi connectivity index (χ1v) is 11.1.